The van der Waals surface area contributed by atoms with E-state index in [1.54, 1.807) is 13.0 Å². The average molecular weight is 277 g/mol. The Hall–Kier alpha value is -1.95. The predicted octanol–water partition coefficient (Wildman–Crippen LogP) is 0.834. The molecule has 1 amide bonds. The largest absolute Gasteiger partial charge is 0.477 e. The van der Waals surface area contributed by atoms with Gasteiger partial charge in [-0.05, 0) is 18.6 Å². The standard InChI is InChI=1S/C14H19N3O3/c1-11(18)17-7-3-6-16(8-9-17)10-12-4-2-5-13(15-12)14(19)20/h2,4-5H,3,6-10H2,1H3,(H,19,20). The summed E-state index contributed by atoms with van der Waals surface area (Å²) in [6.45, 7) is 5.39. The highest BCUT2D eigenvalue weighted by atomic mass is 16.4. The number of carbonyl (C=O) groups is 2. The summed E-state index contributed by atoms with van der Waals surface area (Å²) in [5.41, 5.74) is 0.823. The van der Waals surface area contributed by atoms with E-state index in [0.29, 0.717) is 13.1 Å². The highest BCUT2D eigenvalue weighted by Gasteiger charge is 2.17. The van der Waals surface area contributed by atoms with E-state index in [-0.39, 0.29) is 11.6 Å². The summed E-state index contributed by atoms with van der Waals surface area (Å²) in [6, 6.07) is 5.04. The van der Waals surface area contributed by atoms with E-state index in [2.05, 4.69) is 9.88 Å². The van der Waals surface area contributed by atoms with E-state index >= 15 is 0 Å². The van der Waals surface area contributed by atoms with Gasteiger partial charge in [0, 0.05) is 39.6 Å². The van der Waals surface area contributed by atoms with Crippen molar-refractivity contribution in [3.63, 3.8) is 0 Å². The lowest BCUT2D eigenvalue weighted by atomic mass is 10.2. The number of carboxylic acid groups (broad SMARTS) is 1. The summed E-state index contributed by atoms with van der Waals surface area (Å²) in [6.07, 6.45) is 0.929. The van der Waals surface area contributed by atoms with Gasteiger partial charge in [0.25, 0.3) is 0 Å². The lowest BCUT2D eigenvalue weighted by molar-refractivity contribution is -0.128. The fraction of sp³-hybridized carbons (Fsp3) is 0.500. The Morgan fingerprint density at radius 3 is 2.75 bits per heavy atom. The fourth-order valence-corrected chi connectivity index (χ4v) is 2.36. The van der Waals surface area contributed by atoms with E-state index in [9.17, 15) is 9.59 Å². The molecule has 0 bridgehead atoms. The molecule has 1 aliphatic heterocycles. The maximum absolute atomic E-state index is 11.4. The second-order valence-corrected chi connectivity index (χ2v) is 4.96. The molecule has 1 aromatic heterocycles. The van der Waals surface area contributed by atoms with Crippen LogP contribution in [0.4, 0.5) is 0 Å². The van der Waals surface area contributed by atoms with Crippen molar-refractivity contribution >= 4 is 11.9 Å². The van der Waals surface area contributed by atoms with E-state index in [4.69, 9.17) is 5.11 Å². The van der Waals surface area contributed by atoms with Crippen LogP contribution in [0.25, 0.3) is 0 Å². The molecule has 6 nitrogen and oxygen atoms in total. The molecule has 108 valence electrons. The lowest BCUT2D eigenvalue weighted by Crippen LogP contribution is -2.33. The molecule has 1 aromatic rings. The molecular formula is C14H19N3O3. The van der Waals surface area contributed by atoms with Crippen molar-refractivity contribution in [3.05, 3.63) is 29.6 Å². The molecule has 2 rings (SSSR count). The first kappa shape index (κ1) is 14.5. The summed E-state index contributed by atoms with van der Waals surface area (Å²) in [7, 11) is 0. The molecule has 0 radical (unpaired) electrons. The molecule has 2 heterocycles. The van der Waals surface area contributed by atoms with Crippen LogP contribution in [0.1, 0.15) is 29.5 Å². The number of hydrogen-bond acceptors (Lipinski definition) is 4. The van der Waals surface area contributed by atoms with E-state index < -0.39 is 5.97 Å². The molecule has 1 N–H and O–H groups in total. The van der Waals surface area contributed by atoms with Gasteiger partial charge in [0.05, 0.1) is 5.69 Å². The van der Waals surface area contributed by atoms with Crippen LogP contribution in [0.2, 0.25) is 0 Å². The van der Waals surface area contributed by atoms with Crippen molar-refractivity contribution in [2.75, 3.05) is 26.2 Å². The zero-order chi connectivity index (χ0) is 14.5. The molecule has 1 aliphatic rings. The number of amides is 1. The summed E-state index contributed by atoms with van der Waals surface area (Å²) < 4.78 is 0. The second-order valence-electron chi connectivity index (χ2n) is 4.96. The van der Waals surface area contributed by atoms with Crippen LogP contribution in [0.3, 0.4) is 0 Å². The normalized spacial score (nSPS) is 16.8. The molecule has 0 atom stereocenters. The number of aromatic nitrogens is 1. The number of carbonyl (C=O) groups excluding carboxylic acids is 1. The SMILES string of the molecule is CC(=O)N1CCCN(Cc2cccc(C(=O)O)n2)CC1. The van der Waals surface area contributed by atoms with Crippen LogP contribution >= 0.6 is 0 Å². The van der Waals surface area contributed by atoms with Gasteiger partial charge < -0.3 is 10.0 Å². The van der Waals surface area contributed by atoms with Gasteiger partial charge >= 0.3 is 5.97 Å². The molecule has 0 aliphatic carbocycles. The third-order valence-electron chi connectivity index (χ3n) is 3.45. The minimum Gasteiger partial charge on any atom is -0.477 e. The quantitative estimate of drug-likeness (QED) is 0.886. The van der Waals surface area contributed by atoms with Crippen LogP contribution in [-0.2, 0) is 11.3 Å². The first-order chi connectivity index (χ1) is 9.56. The summed E-state index contributed by atoms with van der Waals surface area (Å²) in [5.74, 6) is -0.900. The van der Waals surface area contributed by atoms with Gasteiger partial charge in [-0.25, -0.2) is 9.78 Å². The Kier molecular flexibility index (Phi) is 4.68. The first-order valence-corrected chi connectivity index (χ1v) is 6.73. The maximum atomic E-state index is 11.4. The van der Waals surface area contributed by atoms with Crippen molar-refractivity contribution in [2.24, 2.45) is 0 Å². The number of aromatic carboxylic acids is 1. The van der Waals surface area contributed by atoms with Gasteiger partial charge in [-0.1, -0.05) is 6.07 Å². The first-order valence-electron chi connectivity index (χ1n) is 6.73. The highest BCUT2D eigenvalue weighted by Crippen LogP contribution is 2.08. The number of nitrogens with zero attached hydrogens (tertiary/aromatic N) is 3. The van der Waals surface area contributed by atoms with Crippen LogP contribution in [-0.4, -0.2) is 57.9 Å². The fourth-order valence-electron chi connectivity index (χ4n) is 2.36. The Balaban J connectivity index is 1.98. The predicted molar refractivity (Wildman–Crippen MR) is 73.3 cm³/mol. The Morgan fingerprint density at radius 2 is 2.05 bits per heavy atom. The topological polar surface area (TPSA) is 73.7 Å². The van der Waals surface area contributed by atoms with Gasteiger partial charge in [0.1, 0.15) is 5.69 Å². The molecule has 20 heavy (non-hydrogen) atoms. The van der Waals surface area contributed by atoms with Gasteiger partial charge in [-0.2, -0.15) is 0 Å². The molecular weight excluding hydrogens is 258 g/mol. The third-order valence-corrected chi connectivity index (χ3v) is 3.45. The molecule has 1 fully saturated rings. The van der Waals surface area contributed by atoms with Crippen molar-refractivity contribution in [1.29, 1.82) is 0 Å². The van der Waals surface area contributed by atoms with Crippen LogP contribution in [0, 0.1) is 0 Å². The molecule has 0 spiro atoms. The van der Waals surface area contributed by atoms with Crippen molar-refractivity contribution in [3.8, 4) is 0 Å². The molecule has 6 heteroatoms. The monoisotopic (exact) mass is 277 g/mol. The van der Waals surface area contributed by atoms with Crippen molar-refractivity contribution in [1.82, 2.24) is 14.8 Å². The average Bonchev–Trinajstić information content (AvgIpc) is 2.65. The summed E-state index contributed by atoms with van der Waals surface area (Å²) >= 11 is 0. The minimum atomic E-state index is -1.01. The van der Waals surface area contributed by atoms with Crippen LogP contribution < -0.4 is 0 Å². The molecule has 1 saturated heterocycles. The van der Waals surface area contributed by atoms with E-state index in [1.165, 1.54) is 6.07 Å². The van der Waals surface area contributed by atoms with Gasteiger partial charge in [0.15, 0.2) is 0 Å². The highest BCUT2D eigenvalue weighted by molar-refractivity contribution is 5.85. The number of carboxylic acids is 1. The Morgan fingerprint density at radius 1 is 1.25 bits per heavy atom. The summed E-state index contributed by atoms with van der Waals surface area (Å²) in [4.78, 5) is 30.4. The Labute approximate surface area is 118 Å². The van der Waals surface area contributed by atoms with E-state index in [1.807, 2.05) is 11.0 Å². The van der Waals surface area contributed by atoms with Crippen LogP contribution in [0.15, 0.2) is 18.2 Å². The maximum Gasteiger partial charge on any atom is 0.354 e. The molecule has 0 unspecified atom stereocenters. The minimum absolute atomic E-state index is 0.0719. The van der Waals surface area contributed by atoms with Crippen LogP contribution in [0.5, 0.6) is 0 Å². The number of rotatable bonds is 3. The lowest BCUT2D eigenvalue weighted by Gasteiger charge is -2.20. The number of hydrogen-bond donors (Lipinski definition) is 1. The van der Waals surface area contributed by atoms with Crippen molar-refractivity contribution < 1.29 is 14.7 Å². The smallest absolute Gasteiger partial charge is 0.354 e. The van der Waals surface area contributed by atoms with Gasteiger partial charge in [-0.3, -0.25) is 9.69 Å². The van der Waals surface area contributed by atoms with Gasteiger partial charge in [-0.15, -0.1) is 0 Å². The third kappa shape index (κ3) is 3.77. The molecule has 0 aromatic carbocycles. The second kappa shape index (κ2) is 6.47. The summed E-state index contributed by atoms with van der Waals surface area (Å²) in [5, 5.41) is 8.94. The molecule has 0 saturated carbocycles. The van der Waals surface area contributed by atoms with Gasteiger partial charge in [0.2, 0.25) is 5.91 Å². The zero-order valence-electron chi connectivity index (χ0n) is 11.6. The zero-order valence-corrected chi connectivity index (χ0v) is 11.6. The van der Waals surface area contributed by atoms with Crippen molar-refractivity contribution in [2.45, 2.75) is 19.9 Å². The Bertz CT molecular complexity index is 504. The number of pyridine rings is 1. The van der Waals surface area contributed by atoms with E-state index in [0.717, 1.165) is 31.7 Å².